The summed E-state index contributed by atoms with van der Waals surface area (Å²) in [6.07, 6.45) is 0. The van der Waals surface area contributed by atoms with Gasteiger partial charge in [0.2, 0.25) is 5.91 Å². The van der Waals surface area contributed by atoms with Crippen molar-refractivity contribution >= 4 is 34.9 Å². The van der Waals surface area contributed by atoms with Crippen molar-refractivity contribution in [2.45, 2.75) is 33.7 Å². The number of rotatable bonds is 5. The van der Waals surface area contributed by atoms with E-state index in [0.29, 0.717) is 22.6 Å². The normalized spacial score (nSPS) is 10.3. The zero-order valence-corrected chi connectivity index (χ0v) is 15.8. The van der Waals surface area contributed by atoms with Crippen molar-refractivity contribution in [3.05, 3.63) is 53.6 Å². The first-order chi connectivity index (χ1) is 12.7. The van der Waals surface area contributed by atoms with Crippen molar-refractivity contribution in [1.29, 1.82) is 0 Å². The number of hydrogen-bond donors (Lipinski definition) is 4. The first-order valence-electron chi connectivity index (χ1n) is 8.62. The number of anilines is 3. The largest absolute Gasteiger partial charge is 0.336 e. The Bertz CT molecular complexity index is 845. The highest BCUT2D eigenvalue weighted by atomic mass is 16.2. The molecule has 2 rings (SSSR count). The summed E-state index contributed by atoms with van der Waals surface area (Å²) in [4.78, 5) is 35.4. The Morgan fingerprint density at radius 2 is 1.48 bits per heavy atom. The third-order valence-electron chi connectivity index (χ3n) is 3.63. The highest BCUT2D eigenvalue weighted by molar-refractivity contribution is 6.05. The second-order valence-electron chi connectivity index (χ2n) is 6.50. The molecule has 0 aliphatic carbocycles. The molecule has 0 bridgehead atoms. The molecule has 0 heterocycles. The maximum absolute atomic E-state index is 12.5. The lowest BCUT2D eigenvalue weighted by atomic mass is 10.1. The van der Waals surface area contributed by atoms with Gasteiger partial charge in [-0.25, -0.2) is 4.79 Å². The van der Waals surface area contributed by atoms with E-state index in [1.807, 2.05) is 26.8 Å². The molecular formula is C20H24N4O3. The molecule has 0 radical (unpaired) electrons. The summed E-state index contributed by atoms with van der Waals surface area (Å²) in [5.74, 6) is -0.461. The van der Waals surface area contributed by atoms with Crippen LogP contribution in [-0.2, 0) is 4.79 Å². The van der Waals surface area contributed by atoms with Crippen molar-refractivity contribution in [2.75, 3.05) is 16.0 Å². The maximum Gasteiger partial charge on any atom is 0.319 e. The minimum absolute atomic E-state index is 0.0338. The van der Waals surface area contributed by atoms with Gasteiger partial charge in [-0.05, 0) is 62.7 Å². The van der Waals surface area contributed by atoms with E-state index in [4.69, 9.17) is 0 Å². The third-order valence-corrected chi connectivity index (χ3v) is 3.63. The zero-order chi connectivity index (χ0) is 20.0. The first-order valence-corrected chi connectivity index (χ1v) is 8.62. The minimum Gasteiger partial charge on any atom is -0.336 e. The molecule has 0 unspecified atom stereocenters. The van der Waals surface area contributed by atoms with E-state index in [2.05, 4.69) is 21.3 Å². The van der Waals surface area contributed by atoms with E-state index in [1.54, 1.807) is 36.4 Å². The van der Waals surface area contributed by atoms with Crippen molar-refractivity contribution in [2.24, 2.45) is 0 Å². The fourth-order valence-corrected chi connectivity index (χ4v) is 2.37. The predicted octanol–water partition coefficient (Wildman–Crippen LogP) is 3.74. The topological polar surface area (TPSA) is 99.3 Å². The molecule has 2 aromatic rings. The van der Waals surface area contributed by atoms with Gasteiger partial charge in [-0.3, -0.25) is 9.59 Å². The van der Waals surface area contributed by atoms with E-state index in [1.165, 1.54) is 6.92 Å². The number of hydrogen-bond acceptors (Lipinski definition) is 3. The number of benzene rings is 2. The van der Waals surface area contributed by atoms with E-state index in [9.17, 15) is 14.4 Å². The van der Waals surface area contributed by atoms with Crippen LogP contribution in [0.15, 0.2) is 42.5 Å². The second kappa shape index (κ2) is 8.84. The van der Waals surface area contributed by atoms with E-state index in [0.717, 1.165) is 5.56 Å². The van der Waals surface area contributed by atoms with Crippen LogP contribution in [0.5, 0.6) is 0 Å². The molecule has 0 aliphatic rings. The van der Waals surface area contributed by atoms with Gasteiger partial charge >= 0.3 is 6.03 Å². The van der Waals surface area contributed by atoms with Gasteiger partial charge in [0.25, 0.3) is 5.91 Å². The van der Waals surface area contributed by atoms with Gasteiger partial charge in [0.15, 0.2) is 0 Å². The molecule has 0 atom stereocenters. The van der Waals surface area contributed by atoms with Gasteiger partial charge in [-0.15, -0.1) is 0 Å². The SMILES string of the molecule is CC(=O)Nc1ccc(C)c(NC(=O)c2ccc(NC(=O)NC(C)C)cc2)c1. The van der Waals surface area contributed by atoms with Crippen LogP contribution in [0.2, 0.25) is 0 Å². The number of nitrogens with one attached hydrogen (secondary N) is 4. The maximum atomic E-state index is 12.5. The summed E-state index contributed by atoms with van der Waals surface area (Å²) in [7, 11) is 0. The predicted molar refractivity (Wildman–Crippen MR) is 107 cm³/mol. The molecule has 0 saturated heterocycles. The highest BCUT2D eigenvalue weighted by Crippen LogP contribution is 2.21. The monoisotopic (exact) mass is 368 g/mol. The Labute approximate surface area is 158 Å². The molecule has 7 heteroatoms. The van der Waals surface area contributed by atoms with E-state index >= 15 is 0 Å². The standard InChI is InChI=1S/C20H24N4O3/c1-12(2)21-20(27)23-16-9-6-15(7-10-16)19(26)24-18-11-17(22-14(4)25)8-5-13(18)3/h5-12H,1-4H3,(H,22,25)(H,24,26)(H2,21,23,27). The summed E-state index contributed by atoms with van der Waals surface area (Å²) in [6, 6.07) is 11.6. The average Bonchev–Trinajstić information content (AvgIpc) is 2.57. The van der Waals surface area contributed by atoms with E-state index < -0.39 is 0 Å². The van der Waals surface area contributed by atoms with Crippen LogP contribution < -0.4 is 21.3 Å². The Balaban J connectivity index is 2.06. The molecule has 142 valence electrons. The Hall–Kier alpha value is -3.35. The van der Waals surface area contributed by atoms with Crippen molar-refractivity contribution in [1.82, 2.24) is 5.32 Å². The summed E-state index contributed by atoms with van der Waals surface area (Å²) in [5.41, 5.74) is 3.15. The molecule has 2 aromatic carbocycles. The van der Waals surface area contributed by atoms with Crippen molar-refractivity contribution in [3.63, 3.8) is 0 Å². The van der Waals surface area contributed by atoms with Crippen LogP contribution in [-0.4, -0.2) is 23.9 Å². The van der Waals surface area contributed by atoms with Crippen molar-refractivity contribution < 1.29 is 14.4 Å². The van der Waals surface area contributed by atoms with Crippen LogP contribution in [0.3, 0.4) is 0 Å². The third kappa shape index (κ3) is 6.14. The highest BCUT2D eigenvalue weighted by Gasteiger charge is 2.10. The molecule has 27 heavy (non-hydrogen) atoms. The smallest absolute Gasteiger partial charge is 0.319 e. The molecule has 4 amide bonds. The summed E-state index contributed by atoms with van der Waals surface area (Å²) < 4.78 is 0. The van der Waals surface area contributed by atoms with Crippen LogP contribution >= 0.6 is 0 Å². The number of carbonyl (C=O) groups excluding carboxylic acids is 3. The van der Waals surface area contributed by atoms with Gasteiger partial charge in [0.05, 0.1) is 0 Å². The van der Waals surface area contributed by atoms with Gasteiger partial charge in [-0.2, -0.15) is 0 Å². The van der Waals surface area contributed by atoms with Gasteiger partial charge in [0.1, 0.15) is 0 Å². The Morgan fingerprint density at radius 1 is 0.852 bits per heavy atom. The number of urea groups is 1. The fourth-order valence-electron chi connectivity index (χ4n) is 2.37. The lowest BCUT2D eigenvalue weighted by Crippen LogP contribution is -2.34. The molecule has 0 fully saturated rings. The number of amides is 4. The van der Waals surface area contributed by atoms with Crippen LogP contribution in [0.1, 0.15) is 36.7 Å². The van der Waals surface area contributed by atoms with Gasteiger partial charge in [-0.1, -0.05) is 6.07 Å². The molecule has 0 saturated carbocycles. The quantitative estimate of drug-likeness (QED) is 0.647. The number of carbonyl (C=O) groups is 3. The minimum atomic E-state index is -0.299. The molecule has 0 aromatic heterocycles. The molecular weight excluding hydrogens is 344 g/mol. The molecule has 7 nitrogen and oxygen atoms in total. The summed E-state index contributed by atoms with van der Waals surface area (Å²) in [5, 5.41) is 11.0. The lowest BCUT2D eigenvalue weighted by molar-refractivity contribution is -0.114. The lowest BCUT2D eigenvalue weighted by Gasteiger charge is -2.12. The van der Waals surface area contributed by atoms with Gasteiger partial charge < -0.3 is 21.3 Å². The Morgan fingerprint density at radius 3 is 2.07 bits per heavy atom. The van der Waals surface area contributed by atoms with Crippen LogP contribution in [0, 0.1) is 6.92 Å². The average molecular weight is 368 g/mol. The molecule has 0 spiro atoms. The zero-order valence-electron chi connectivity index (χ0n) is 15.8. The van der Waals surface area contributed by atoms with E-state index in [-0.39, 0.29) is 23.9 Å². The number of aryl methyl sites for hydroxylation is 1. The van der Waals surface area contributed by atoms with Crippen molar-refractivity contribution in [3.8, 4) is 0 Å². The molecule has 0 aliphatic heterocycles. The van der Waals surface area contributed by atoms with Gasteiger partial charge in [0, 0.05) is 35.6 Å². The second-order valence-corrected chi connectivity index (χ2v) is 6.50. The summed E-state index contributed by atoms with van der Waals surface area (Å²) >= 11 is 0. The summed E-state index contributed by atoms with van der Waals surface area (Å²) in [6.45, 7) is 7.04. The fraction of sp³-hybridized carbons (Fsp3) is 0.250. The Kier molecular flexibility index (Phi) is 6.54. The molecule has 4 N–H and O–H groups in total. The first kappa shape index (κ1) is 20.0. The van der Waals surface area contributed by atoms with Crippen LogP contribution in [0.25, 0.3) is 0 Å². The van der Waals surface area contributed by atoms with Crippen LogP contribution in [0.4, 0.5) is 21.9 Å².